The Kier molecular flexibility index (Phi) is 9.79. The van der Waals surface area contributed by atoms with Crippen LogP contribution in [-0.2, 0) is 14.3 Å². The van der Waals surface area contributed by atoms with Gasteiger partial charge in [-0.25, -0.2) is 0 Å². The topological polar surface area (TPSA) is 88.5 Å². The first kappa shape index (κ1) is 28.4. The summed E-state index contributed by atoms with van der Waals surface area (Å²) in [6, 6.07) is 11.9. The van der Waals surface area contributed by atoms with E-state index in [1.54, 1.807) is 29.2 Å². The van der Waals surface area contributed by atoms with Gasteiger partial charge < -0.3 is 24.2 Å². The molecule has 2 fully saturated rings. The van der Waals surface area contributed by atoms with E-state index in [0.29, 0.717) is 50.8 Å². The number of hydrogen-bond acceptors (Lipinski definition) is 7. The fraction of sp³-hybridized carbons (Fsp3) is 0.419. The summed E-state index contributed by atoms with van der Waals surface area (Å²) in [4.78, 5) is 30.5. The second-order valence-electron chi connectivity index (χ2n) is 9.80. The van der Waals surface area contributed by atoms with Crippen LogP contribution in [0.5, 0.6) is 11.5 Å². The number of aliphatic hydroxyl groups excluding tert-OH is 1. The first-order chi connectivity index (χ1) is 18.9. The summed E-state index contributed by atoms with van der Waals surface area (Å²) in [7, 11) is 0. The lowest BCUT2D eigenvalue weighted by Crippen LogP contribution is -2.42. The lowest BCUT2D eigenvalue weighted by atomic mass is 9.94. The van der Waals surface area contributed by atoms with Crippen LogP contribution >= 0.6 is 0 Å². The number of aliphatic hydroxyl groups is 1. The number of carbonyl (C=O) groups excluding carboxylic acids is 2. The molecule has 0 bridgehead atoms. The number of aryl methyl sites for hydroxylation is 1. The van der Waals surface area contributed by atoms with Crippen molar-refractivity contribution in [3.05, 3.63) is 77.4 Å². The number of Topliss-reactive ketones (excluding diaryl/α,β-unsaturated/α-hetero) is 1. The summed E-state index contributed by atoms with van der Waals surface area (Å²) in [6.45, 7) is 12.4. The largest absolute Gasteiger partial charge is 0.507 e. The Labute approximate surface area is 230 Å². The maximum absolute atomic E-state index is 13.4. The van der Waals surface area contributed by atoms with Crippen molar-refractivity contribution in [2.75, 3.05) is 52.6 Å². The SMILES string of the molecule is C=CCOc1ccc(C(O)=C2C(=O)C(=O)N(CCN3CCOCC3)C2c2ccc(OCCCC)cc2)cc1C. The molecular weight excluding hydrogens is 496 g/mol. The van der Waals surface area contributed by atoms with Crippen molar-refractivity contribution in [1.29, 1.82) is 0 Å². The van der Waals surface area contributed by atoms with Crippen LogP contribution in [-0.4, -0.2) is 79.2 Å². The Balaban J connectivity index is 1.68. The summed E-state index contributed by atoms with van der Waals surface area (Å²) >= 11 is 0. The van der Waals surface area contributed by atoms with E-state index >= 15 is 0 Å². The number of benzene rings is 2. The number of morpholine rings is 1. The van der Waals surface area contributed by atoms with Gasteiger partial charge in [-0.2, -0.15) is 0 Å². The van der Waals surface area contributed by atoms with E-state index in [1.807, 2.05) is 31.2 Å². The predicted octanol–water partition coefficient (Wildman–Crippen LogP) is 4.49. The fourth-order valence-corrected chi connectivity index (χ4v) is 4.87. The Morgan fingerprint density at radius 1 is 1.10 bits per heavy atom. The number of unbranched alkanes of at least 4 members (excludes halogenated alkanes) is 1. The molecule has 0 spiro atoms. The second-order valence-corrected chi connectivity index (χ2v) is 9.80. The number of rotatable bonds is 12. The zero-order valence-electron chi connectivity index (χ0n) is 22.9. The van der Waals surface area contributed by atoms with Crippen LogP contribution in [0.4, 0.5) is 0 Å². The maximum Gasteiger partial charge on any atom is 0.295 e. The predicted molar refractivity (Wildman–Crippen MR) is 150 cm³/mol. The first-order valence-corrected chi connectivity index (χ1v) is 13.6. The zero-order chi connectivity index (χ0) is 27.8. The molecule has 1 unspecified atom stereocenters. The minimum atomic E-state index is -0.715. The average Bonchev–Trinajstić information content (AvgIpc) is 3.21. The molecule has 8 nitrogen and oxygen atoms in total. The third kappa shape index (κ3) is 6.69. The lowest BCUT2D eigenvalue weighted by Gasteiger charge is -2.31. The van der Waals surface area contributed by atoms with E-state index in [1.165, 1.54) is 0 Å². The third-order valence-corrected chi connectivity index (χ3v) is 7.07. The Morgan fingerprint density at radius 2 is 1.85 bits per heavy atom. The number of ether oxygens (including phenoxy) is 3. The molecule has 0 aromatic heterocycles. The van der Waals surface area contributed by atoms with E-state index in [2.05, 4.69) is 18.4 Å². The van der Waals surface area contributed by atoms with Crippen molar-refractivity contribution in [2.45, 2.75) is 32.7 Å². The van der Waals surface area contributed by atoms with Crippen molar-refractivity contribution in [3.8, 4) is 11.5 Å². The smallest absolute Gasteiger partial charge is 0.295 e. The molecule has 208 valence electrons. The van der Waals surface area contributed by atoms with Crippen molar-refractivity contribution in [2.24, 2.45) is 0 Å². The van der Waals surface area contributed by atoms with E-state index in [4.69, 9.17) is 14.2 Å². The summed E-state index contributed by atoms with van der Waals surface area (Å²) in [6.07, 6.45) is 3.66. The van der Waals surface area contributed by atoms with Crippen molar-refractivity contribution in [1.82, 2.24) is 9.80 Å². The number of hydrogen-bond donors (Lipinski definition) is 1. The van der Waals surface area contributed by atoms with Gasteiger partial charge >= 0.3 is 0 Å². The van der Waals surface area contributed by atoms with E-state index in [9.17, 15) is 14.7 Å². The molecule has 2 aliphatic heterocycles. The number of likely N-dealkylation sites (tertiary alicyclic amines) is 1. The van der Waals surface area contributed by atoms with Gasteiger partial charge in [0.2, 0.25) is 0 Å². The van der Waals surface area contributed by atoms with Crippen LogP contribution in [0.2, 0.25) is 0 Å². The molecule has 1 atom stereocenters. The molecule has 39 heavy (non-hydrogen) atoms. The number of carbonyl (C=O) groups is 2. The van der Waals surface area contributed by atoms with Crippen LogP contribution in [0.25, 0.3) is 5.76 Å². The summed E-state index contributed by atoms with van der Waals surface area (Å²) in [5, 5.41) is 11.4. The van der Waals surface area contributed by atoms with E-state index < -0.39 is 17.7 Å². The van der Waals surface area contributed by atoms with Gasteiger partial charge in [-0.3, -0.25) is 14.5 Å². The molecule has 8 heteroatoms. The Hall–Kier alpha value is -3.62. The summed E-state index contributed by atoms with van der Waals surface area (Å²) in [5.74, 6) is -0.113. The molecule has 2 heterocycles. The Morgan fingerprint density at radius 3 is 2.51 bits per heavy atom. The highest BCUT2D eigenvalue weighted by Gasteiger charge is 2.46. The molecule has 0 aliphatic carbocycles. The number of nitrogens with zero attached hydrogens (tertiary/aromatic N) is 2. The molecule has 2 aromatic carbocycles. The van der Waals surface area contributed by atoms with Crippen molar-refractivity contribution < 1.29 is 28.9 Å². The van der Waals surface area contributed by atoms with E-state index in [0.717, 1.165) is 42.8 Å². The summed E-state index contributed by atoms with van der Waals surface area (Å²) in [5.41, 5.74) is 2.07. The molecule has 2 aliphatic rings. The summed E-state index contributed by atoms with van der Waals surface area (Å²) < 4.78 is 16.9. The fourth-order valence-electron chi connectivity index (χ4n) is 4.87. The lowest BCUT2D eigenvalue weighted by molar-refractivity contribution is -0.140. The highest BCUT2D eigenvalue weighted by Crippen LogP contribution is 2.40. The van der Waals surface area contributed by atoms with Crippen LogP contribution in [0, 0.1) is 6.92 Å². The van der Waals surface area contributed by atoms with Gasteiger partial charge in [0.15, 0.2) is 0 Å². The van der Waals surface area contributed by atoms with Crippen LogP contribution < -0.4 is 9.47 Å². The molecule has 0 radical (unpaired) electrons. The van der Waals surface area contributed by atoms with Crippen LogP contribution in [0.15, 0.2) is 60.7 Å². The van der Waals surface area contributed by atoms with Crippen molar-refractivity contribution >= 4 is 17.4 Å². The molecule has 2 saturated heterocycles. The van der Waals surface area contributed by atoms with Gasteiger partial charge in [-0.05, 0) is 54.8 Å². The van der Waals surface area contributed by atoms with Gasteiger partial charge in [-0.1, -0.05) is 38.1 Å². The van der Waals surface area contributed by atoms with Gasteiger partial charge in [-0.15, -0.1) is 0 Å². The van der Waals surface area contributed by atoms with Crippen LogP contribution in [0.3, 0.4) is 0 Å². The van der Waals surface area contributed by atoms with Gasteiger partial charge in [0.1, 0.15) is 23.9 Å². The maximum atomic E-state index is 13.4. The first-order valence-electron chi connectivity index (χ1n) is 13.6. The van der Waals surface area contributed by atoms with Gasteiger partial charge in [0.05, 0.1) is 31.4 Å². The highest BCUT2D eigenvalue weighted by atomic mass is 16.5. The minimum Gasteiger partial charge on any atom is -0.507 e. The van der Waals surface area contributed by atoms with Crippen molar-refractivity contribution in [3.63, 3.8) is 0 Å². The third-order valence-electron chi connectivity index (χ3n) is 7.07. The second kappa shape index (κ2) is 13.4. The minimum absolute atomic E-state index is 0.0841. The van der Waals surface area contributed by atoms with Gasteiger partial charge in [0.25, 0.3) is 11.7 Å². The average molecular weight is 535 g/mol. The highest BCUT2D eigenvalue weighted by molar-refractivity contribution is 6.46. The molecule has 2 aromatic rings. The molecule has 1 N–H and O–H groups in total. The van der Waals surface area contributed by atoms with Gasteiger partial charge in [0, 0.05) is 31.7 Å². The normalized spacial score (nSPS) is 19.3. The zero-order valence-corrected chi connectivity index (χ0v) is 22.9. The molecule has 0 saturated carbocycles. The molecule has 4 rings (SSSR count). The molecular formula is C31H38N2O6. The molecule has 1 amide bonds. The Bertz CT molecular complexity index is 1200. The monoisotopic (exact) mass is 534 g/mol. The van der Waals surface area contributed by atoms with Crippen LogP contribution in [0.1, 0.15) is 42.5 Å². The number of amides is 1. The standard InChI is InChI=1S/C31H38N2O6/c1-4-6-18-38-25-10-7-23(8-11-25)28-27(29(34)24-9-12-26(22(3)21-24)39-17-5-2)30(35)31(36)33(28)14-13-32-15-19-37-20-16-32/h5,7-12,21,28,34H,2,4,6,13-20H2,1,3H3. The van der Waals surface area contributed by atoms with E-state index in [-0.39, 0.29) is 11.3 Å². The quantitative estimate of drug-likeness (QED) is 0.141. The number of ketones is 1.